The third-order valence-electron chi connectivity index (χ3n) is 4.56. The highest BCUT2D eigenvalue weighted by molar-refractivity contribution is 5.74. The van der Waals surface area contributed by atoms with E-state index in [1.807, 2.05) is 30.3 Å². The van der Waals surface area contributed by atoms with Crippen molar-refractivity contribution in [2.75, 3.05) is 0 Å². The molecule has 0 bridgehead atoms. The minimum Gasteiger partial charge on any atom is -0.298 e. The Morgan fingerprint density at radius 1 is 0.923 bits per heavy atom. The average Bonchev–Trinajstić information content (AvgIpc) is 3.05. The normalized spacial score (nSPS) is 11.5. The summed E-state index contributed by atoms with van der Waals surface area (Å²) >= 11 is 0. The number of rotatable bonds is 6. The number of benzene rings is 2. The van der Waals surface area contributed by atoms with E-state index in [-0.39, 0.29) is 5.41 Å². The smallest absolute Gasteiger partial charge is 0.150 e. The van der Waals surface area contributed by atoms with Crippen molar-refractivity contribution in [3.63, 3.8) is 0 Å². The second-order valence-electron chi connectivity index (χ2n) is 7.77. The maximum absolute atomic E-state index is 10.8. The Morgan fingerprint density at radius 3 is 2.23 bits per heavy atom. The van der Waals surface area contributed by atoms with E-state index in [0.717, 1.165) is 36.9 Å². The van der Waals surface area contributed by atoms with Crippen LogP contribution in [0.25, 0.3) is 0 Å². The van der Waals surface area contributed by atoms with Gasteiger partial charge in [-0.2, -0.15) is 5.10 Å². The first-order chi connectivity index (χ1) is 12.5. The Bertz CT molecular complexity index is 855. The molecule has 0 amide bonds. The molecule has 0 atom stereocenters. The quantitative estimate of drug-likeness (QED) is 0.599. The van der Waals surface area contributed by atoms with Crippen LogP contribution in [0.5, 0.6) is 0 Å². The zero-order chi connectivity index (χ0) is 18.6. The number of nitrogens with zero attached hydrogens (tertiary/aromatic N) is 2. The van der Waals surface area contributed by atoms with Crippen molar-refractivity contribution in [2.45, 2.75) is 45.6 Å². The molecule has 0 saturated heterocycles. The topological polar surface area (TPSA) is 34.9 Å². The number of carbonyl (C=O) groups excluding carboxylic acids is 1. The van der Waals surface area contributed by atoms with Crippen LogP contribution in [0.2, 0.25) is 0 Å². The predicted molar refractivity (Wildman–Crippen MR) is 106 cm³/mol. The second-order valence-corrected chi connectivity index (χ2v) is 7.77. The van der Waals surface area contributed by atoms with E-state index in [9.17, 15) is 4.79 Å². The first kappa shape index (κ1) is 18.1. The van der Waals surface area contributed by atoms with E-state index in [1.165, 1.54) is 11.3 Å². The van der Waals surface area contributed by atoms with Gasteiger partial charge in [-0.25, -0.2) is 0 Å². The lowest BCUT2D eigenvalue weighted by atomic mass is 9.91. The molecule has 1 heterocycles. The van der Waals surface area contributed by atoms with E-state index in [2.05, 4.69) is 55.8 Å². The Kier molecular flexibility index (Phi) is 5.36. The minimum absolute atomic E-state index is 0.0285. The van der Waals surface area contributed by atoms with Crippen molar-refractivity contribution in [3.05, 3.63) is 88.7 Å². The highest BCUT2D eigenvalue weighted by Gasteiger charge is 2.21. The summed E-state index contributed by atoms with van der Waals surface area (Å²) < 4.78 is 2.11. The molecule has 3 rings (SSSR count). The molecule has 0 aliphatic rings. The van der Waals surface area contributed by atoms with Crippen molar-refractivity contribution >= 4 is 6.29 Å². The van der Waals surface area contributed by atoms with Crippen LogP contribution < -0.4 is 0 Å². The fraction of sp³-hybridized carbons (Fsp3) is 0.304. The van der Waals surface area contributed by atoms with E-state index in [1.54, 1.807) is 0 Å². The summed E-state index contributed by atoms with van der Waals surface area (Å²) in [6.07, 6.45) is 2.81. The molecule has 0 saturated carbocycles. The van der Waals surface area contributed by atoms with Crippen LogP contribution in [0.4, 0.5) is 0 Å². The van der Waals surface area contributed by atoms with Gasteiger partial charge >= 0.3 is 0 Å². The van der Waals surface area contributed by atoms with Crippen LogP contribution >= 0.6 is 0 Å². The first-order valence-corrected chi connectivity index (χ1v) is 9.11. The van der Waals surface area contributed by atoms with Crippen LogP contribution in [0, 0.1) is 0 Å². The molecule has 134 valence electrons. The third kappa shape index (κ3) is 4.48. The third-order valence-corrected chi connectivity index (χ3v) is 4.56. The molecule has 0 aliphatic heterocycles. The van der Waals surface area contributed by atoms with Gasteiger partial charge in [0.25, 0.3) is 0 Å². The molecule has 0 spiro atoms. The molecule has 3 nitrogen and oxygen atoms in total. The van der Waals surface area contributed by atoms with Gasteiger partial charge in [0.15, 0.2) is 0 Å². The van der Waals surface area contributed by atoms with Gasteiger partial charge in [0.2, 0.25) is 0 Å². The maximum atomic E-state index is 10.8. The molecule has 1 aromatic heterocycles. The highest BCUT2D eigenvalue weighted by Crippen LogP contribution is 2.24. The monoisotopic (exact) mass is 346 g/mol. The minimum atomic E-state index is 0.0285. The lowest BCUT2D eigenvalue weighted by Crippen LogP contribution is -2.18. The molecular formula is C23H26N2O. The van der Waals surface area contributed by atoms with Gasteiger partial charge in [0, 0.05) is 16.7 Å². The Balaban J connectivity index is 1.80. The first-order valence-electron chi connectivity index (χ1n) is 9.11. The number of hydrogen-bond acceptors (Lipinski definition) is 2. The van der Waals surface area contributed by atoms with Gasteiger partial charge in [-0.05, 0) is 30.0 Å². The Hall–Kier alpha value is -2.68. The summed E-state index contributed by atoms with van der Waals surface area (Å²) in [4.78, 5) is 10.8. The van der Waals surface area contributed by atoms with E-state index in [4.69, 9.17) is 5.10 Å². The van der Waals surface area contributed by atoms with Crippen LogP contribution in [-0.4, -0.2) is 16.1 Å². The molecule has 0 fully saturated rings. The summed E-state index contributed by atoms with van der Waals surface area (Å²) in [7, 11) is 0. The van der Waals surface area contributed by atoms with E-state index in [0.29, 0.717) is 5.56 Å². The zero-order valence-electron chi connectivity index (χ0n) is 15.8. The Morgan fingerprint density at radius 2 is 1.62 bits per heavy atom. The molecular weight excluding hydrogens is 320 g/mol. The SMILES string of the molecule is CC(C)(C)c1cc(CCc2ccccc2)nn1Cc1ccc(C=O)cc1. The lowest BCUT2D eigenvalue weighted by molar-refractivity contribution is 0.112. The van der Waals surface area contributed by atoms with Crippen molar-refractivity contribution in [1.29, 1.82) is 0 Å². The van der Waals surface area contributed by atoms with Gasteiger partial charge in [0.05, 0.1) is 12.2 Å². The molecule has 2 aromatic carbocycles. The van der Waals surface area contributed by atoms with Gasteiger partial charge in [0.1, 0.15) is 6.29 Å². The molecule has 0 unspecified atom stereocenters. The van der Waals surface area contributed by atoms with E-state index >= 15 is 0 Å². The summed E-state index contributed by atoms with van der Waals surface area (Å²) in [6.45, 7) is 7.38. The van der Waals surface area contributed by atoms with Crippen molar-refractivity contribution in [3.8, 4) is 0 Å². The summed E-state index contributed by atoms with van der Waals surface area (Å²) in [6, 6.07) is 20.5. The molecule has 3 aromatic rings. The van der Waals surface area contributed by atoms with Gasteiger partial charge in [-0.15, -0.1) is 0 Å². The molecule has 0 N–H and O–H groups in total. The van der Waals surface area contributed by atoms with Gasteiger partial charge in [-0.3, -0.25) is 9.48 Å². The number of aromatic nitrogens is 2. The number of aryl methyl sites for hydroxylation is 2. The van der Waals surface area contributed by atoms with Crippen molar-refractivity contribution in [1.82, 2.24) is 9.78 Å². The van der Waals surface area contributed by atoms with Crippen molar-refractivity contribution in [2.24, 2.45) is 0 Å². The largest absolute Gasteiger partial charge is 0.298 e. The van der Waals surface area contributed by atoms with Crippen LogP contribution in [0.1, 0.15) is 53.6 Å². The van der Waals surface area contributed by atoms with Crippen LogP contribution in [-0.2, 0) is 24.8 Å². The fourth-order valence-electron chi connectivity index (χ4n) is 3.11. The zero-order valence-corrected chi connectivity index (χ0v) is 15.8. The van der Waals surface area contributed by atoms with Crippen molar-refractivity contribution < 1.29 is 4.79 Å². The standard InChI is InChI=1S/C23H26N2O/c1-23(2,3)22-15-21(14-13-18-7-5-4-6-8-18)24-25(22)16-19-9-11-20(17-26)12-10-19/h4-12,15,17H,13-14,16H2,1-3H3. The van der Waals surface area contributed by atoms with E-state index < -0.39 is 0 Å². The average molecular weight is 346 g/mol. The molecule has 26 heavy (non-hydrogen) atoms. The summed E-state index contributed by atoms with van der Waals surface area (Å²) in [5.41, 5.74) is 5.58. The number of hydrogen-bond donors (Lipinski definition) is 0. The molecule has 0 radical (unpaired) electrons. The second kappa shape index (κ2) is 7.69. The number of carbonyl (C=O) groups is 1. The van der Waals surface area contributed by atoms with Crippen LogP contribution in [0.3, 0.4) is 0 Å². The maximum Gasteiger partial charge on any atom is 0.150 e. The predicted octanol–water partition coefficient (Wildman–Crippen LogP) is 4.83. The fourth-order valence-corrected chi connectivity index (χ4v) is 3.11. The Labute approximate surface area is 155 Å². The molecule has 0 aliphatic carbocycles. The van der Waals surface area contributed by atoms with Crippen LogP contribution in [0.15, 0.2) is 60.7 Å². The molecule has 3 heteroatoms. The van der Waals surface area contributed by atoms with Gasteiger partial charge < -0.3 is 0 Å². The van der Waals surface area contributed by atoms with Gasteiger partial charge in [-0.1, -0.05) is 75.4 Å². The summed E-state index contributed by atoms with van der Waals surface area (Å²) in [5.74, 6) is 0. The summed E-state index contributed by atoms with van der Waals surface area (Å²) in [5, 5.41) is 4.88. The number of aldehydes is 1. The highest BCUT2D eigenvalue weighted by atomic mass is 16.1. The lowest BCUT2D eigenvalue weighted by Gasteiger charge is -2.20.